The van der Waals surface area contributed by atoms with Crippen molar-refractivity contribution in [1.82, 2.24) is 4.90 Å². The number of rotatable bonds is 7. The van der Waals surface area contributed by atoms with Crippen LogP contribution in [0.15, 0.2) is 48.5 Å². The van der Waals surface area contributed by atoms with Crippen molar-refractivity contribution in [2.75, 3.05) is 14.2 Å². The van der Waals surface area contributed by atoms with Crippen LogP contribution in [0.5, 0.6) is 5.75 Å². The third-order valence-electron chi connectivity index (χ3n) is 3.88. The Morgan fingerprint density at radius 1 is 1.19 bits per heavy atom. The molecule has 0 saturated heterocycles. The van der Waals surface area contributed by atoms with Gasteiger partial charge in [0.2, 0.25) is 0 Å². The molecular weight excluding hydrogens is 352 g/mol. The van der Waals surface area contributed by atoms with Crippen LogP contribution in [0.1, 0.15) is 22.8 Å². The summed E-state index contributed by atoms with van der Waals surface area (Å²) in [7, 11) is 2.90. The van der Waals surface area contributed by atoms with E-state index in [1.807, 2.05) is 30.3 Å². The summed E-state index contributed by atoms with van der Waals surface area (Å²) in [5, 5.41) is 11.1. The summed E-state index contributed by atoms with van der Waals surface area (Å²) in [6.07, 6.45) is -1.03. The number of carbonyl (C=O) groups excluding carboxylic acids is 2. The van der Waals surface area contributed by atoms with Crippen LogP contribution in [-0.2, 0) is 16.1 Å². The average molecular weight is 372 g/mol. The van der Waals surface area contributed by atoms with Crippen molar-refractivity contribution >= 4 is 17.6 Å². The van der Waals surface area contributed by atoms with Gasteiger partial charge in [-0.3, -0.25) is 14.9 Å². The molecule has 2 rings (SSSR count). The molecule has 0 fully saturated rings. The van der Waals surface area contributed by atoms with Crippen LogP contribution in [0.3, 0.4) is 0 Å². The minimum atomic E-state index is -1.03. The number of nitro groups is 1. The molecule has 0 aliphatic carbocycles. The molecular formula is C19H20N2O6. The first-order valence-electron chi connectivity index (χ1n) is 8.15. The van der Waals surface area contributed by atoms with Crippen molar-refractivity contribution in [3.63, 3.8) is 0 Å². The van der Waals surface area contributed by atoms with E-state index in [-0.39, 0.29) is 22.9 Å². The second-order valence-electron chi connectivity index (χ2n) is 5.87. The number of benzene rings is 2. The van der Waals surface area contributed by atoms with Gasteiger partial charge in [-0.1, -0.05) is 30.3 Å². The van der Waals surface area contributed by atoms with Gasteiger partial charge in [0.25, 0.3) is 5.91 Å². The zero-order valence-corrected chi connectivity index (χ0v) is 15.2. The molecule has 2 aromatic rings. The number of ether oxygens (including phenoxy) is 2. The van der Waals surface area contributed by atoms with E-state index in [2.05, 4.69) is 0 Å². The maximum atomic E-state index is 12.4. The van der Waals surface area contributed by atoms with Crippen LogP contribution in [0.25, 0.3) is 0 Å². The first-order chi connectivity index (χ1) is 12.8. The summed E-state index contributed by atoms with van der Waals surface area (Å²) in [6, 6.07) is 13.1. The lowest BCUT2D eigenvalue weighted by atomic mass is 10.2. The smallest absolute Gasteiger partial charge is 0.339 e. The van der Waals surface area contributed by atoms with E-state index in [1.54, 1.807) is 7.05 Å². The molecule has 0 aliphatic rings. The van der Waals surface area contributed by atoms with Crippen molar-refractivity contribution in [2.24, 2.45) is 0 Å². The summed E-state index contributed by atoms with van der Waals surface area (Å²) in [5.74, 6) is -1.17. The van der Waals surface area contributed by atoms with E-state index in [0.717, 1.165) is 11.6 Å². The van der Waals surface area contributed by atoms with E-state index in [1.165, 1.54) is 31.1 Å². The Balaban J connectivity index is 2.05. The number of amides is 1. The quantitative estimate of drug-likeness (QED) is 0.421. The van der Waals surface area contributed by atoms with Crippen molar-refractivity contribution < 1.29 is 24.0 Å². The van der Waals surface area contributed by atoms with Gasteiger partial charge >= 0.3 is 11.7 Å². The molecule has 0 N–H and O–H groups in total. The Hall–Kier alpha value is -3.42. The lowest BCUT2D eigenvalue weighted by Gasteiger charge is -2.21. The lowest BCUT2D eigenvalue weighted by molar-refractivity contribution is -0.385. The molecule has 0 spiro atoms. The maximum Gasteiger partial charge on any atom is 0.339 e. The Labute approximate surface area is 156 Å². The Morgan fingerprint density at radius 2 is 1.85 bits per heavy atom. The van der Waals surface area contributed by atoms with Crippen molar-refractivity contribution in [3.05, 3.63) is 69.8 Å². The molecule has 1 amide bonds. The van der Waals surface area contributed by atoms with Crippen LogP contribution < -0.4 is 4.74 Å². The fraction of sp³-hybridized carbons (Fsp3) is 0.263. The molecule has 0 bridgehead atoms. The van der Waals surface area contributed by atoms with Crippen LogP contribution >= 0.6 is 0 Å². The summed E-state index contributed by atoms with van der Waals surface area (Å²) in [6.45, 7) is 1.83. The minimum Gasteiger partial charge on any atom is -0.490 e. The molecule has 0 saturated carbocycles. The summed E-state index contributed by atoms with van der Waals surface area (Å²) < 4.78 is 10.1. The molecule has 0 aromatic heterocycles. The van der Waals surface area contributed by atoms with Gasteiger partial charge in [-0.15, -0.1) is 0 Å². The lowest BCUT2D eigenvalue weighted by Crippen LogP contribution is -2.37. The highest BCUT2D eigenvalue weighted by Crippen LogP contribution is 2.27. The van der Waals surface area contributed by atoms with Gasteiger partial charge in [0, 0.05) is 19.7 Å². The van der Waals surface area contributed by atoms with Crippen LogP contribution in [0.4, 0.5) is 5.69 Å². The molecule has 8 heteroatoms. The largest absolute Gasteiger partial charge is 0.490 e. The number of nitro benzene ring substituents is 1. The Bertz CT molecular complexity index is 837. The van der Waals surface area contributed by atoms with Gasteiger partial charge in [0.05, 0.1) is 17.6 Å². The van der Waals surface area contributed by atoms with Gasteiger partial charge in [0.15, 0.2) is 11.9 Å². The van der Waals surface area contributed by atoms with Crippen LogP contribution in [0.2, 0.25) is 0 Å². The molecule has 1 atom stereocenters. The second-order valence-corrected chi connectivity index (χ2v) is 5.87. The average Bonchev–Trinajstić information content (AvgIpc) is 2.67. The molecule has 0 radical (unpaired) electrons. The number of nitrogens with zero attached hydrogens (tertiary/aromatic N) is 2. The fourth-order valence-electron chi connectivity index (χ4n) is 2.48. The highest BCUT2D eigenvalue weighted by atomic mass is 16.6. The van der Waals surface area contributed by atoms with E-state index >= 15 is 0 Å². The maximum absolute atomic E-state index is 12.4. The summed E-state index contributed by atoms with van der Waals surface area (Å²) >= 11 is 0. The monoisotopic (exact) mass is 372 g/mol. The molecule has 2 aromatic carbocycles. The third-order valence-corrected chi connectivity index (χ3v) is 3.88. The van der Waals surface area contributed by atoms with Gasteiger partial charge < -0.3 is 14.4 Å². The number of carbonyl (C=O) groups is 2. The topological polar surface area (TPSA) is 99.0 Å². The predicted octanol–water partition coefficient (Wildman–Crippen LogP) is 2.81. The van der Waals surface area contributed by atoms with E-state index in [0.29, 0.717) is 6.54 Å². The predicted molar refractivity (Wildman–Crippen MR) is 97.4 cm³/mol. The van der Waals surface area contributed by atoms with E-state index in [9.17, 15) is 19.7 Å². The zero-order chi connectivity index (χ0) is 20.0. The van der Waals surface area contributed by atoms with Gasteiger partial charge in [-0.05, 0) is 24.6 Å². The van der Waals surface area contributed by atoms with Gasteiger partial charge in [0.1, 0.15) is 0 Å². The Kier molecular flexibility index (Phi) is 6.48. The van der Waals surface area contributed by atoms with Gasteiger partial charge in [-0.25, -0.2) is 4.79 Å². The van der Waals surface area contributed by atoms with Gasteiger partial charge in [-0.2, -0.15) is 0 Å². The number of methoxy groups -OCH3 is 1. The van der Waals surface area contributed by atoms with Crippen molar-refractivity contribution in [3.8, 4) is 5.75 Å². The first kappa shape index (κ1) is 19.9. The first-order valence-corrected chi connectivity index (χ1v) is 8.15. The molecule has 0 unspecified atom stereocenters. The highest BCUT2D eigenvalue weighted by Gasteiger charge is 2.24. The zero-order valence-electron chi connectivity index (χ0n) is 15.2. The molecule has 0 heterocycles. The normalized spacial score (nSPS) is 11.4. The Morgan fingerprint density at radius 3 is 2.44 bits per heavy atom. The minimum absolute atomic E-state index is 0.0308. The van der Waals surface area contributed by atoms with Crippen molar-refractivity contribution in [1.29, 1.82) is 0 Å². The highest BCUT2D eigenvalue weighted by molar-refractivity contribution is 5.93. The van der Waals surface area contributed by atoms with E-state index in [4.69, 9.17) is 9.47 Å². The fourth-order valence-corrected chi connectivity index (χ4v) is 2.48. The second kappa shape index (κ2) is 8.79. The molecule has 8 nitrogen and oxygen atoms in total. The van der Waals surface area contributed by atoms with Crippen molar-refractivity contribution in [2.45, 2.75) is 19.6 Å². The number of hydrogen-bond donors (Lipinski definition) is 0. The SMILES string of the molecule is COc1ccc(C(=O)O[C@H](C)C(=O)N(C)Cc2ccccc2)cc1[N+](=O)[O-]. The molecule has 0 aliphatic heterocycles. The van der Waals surface area contributed by atoms with Crippen LogP contribution in [-0.4, -0.2) is 42.0 Å². The number of hydrogen-bond acceptors (Lipinski definition) is 6. The molecule has 27 heavy (non-hydrogen) atoms. The summed E-state index contributed by atoms with van der Waals surface area (Å²) in [4.78, 5) is 36.5. The number of esters is 1. The summed E-state index contributed by atoms with van der Waals surface area (Å²) in [5.41, 5.74) is 0.553. The van der Waals surface area contributed by atoms with E-state index < -0.39 is 17.0 Å². The number of likely N-dealkylation sites (N-methyl/N-ethyl adjacent to an activating group) is 1. The standard InChI is InChI=1S/C19H20N2O6/c1-13(18(22)20(2)12-14-7-5-4-6-8-14)27-19(23)15-9-10-17(26-3)16(11-15)21(24)25/h4-11,13H,12H2,1-3H3/t13-/m1/s1. The van der Waals surface area contributed by atoms with Crippen LogP contribution in [0, 0.1) is 10.1 Å². The molecule has 142 valence electrons. The third kappa shape index (κ3) is 5.04.